The zero-order chi connectivity index (χ0) is 19.8. The highest BCUT2D eigenvalue weighted by atomic mass is 28.3. The Morgan fingerprint density at radius 2 is 1.25 bits per heavy atom. The first-order chi connectivity index (χ1) is 13.4. The molecule has 0 radical (unpaired) electrons. The maximum atomic E-state index is 4.01. The Labute approximate surface area is 172 Å². The summed E-state index contributed by atoms with van der Waals surface area (Å²) in [4.78, 5) is 0. The standard InChI is InChI=1S/C26H33NSi/c1-24(2)25(3,27-21-13-11-12-14-21)19-20-26(24,4)28(22-15-7-5-8-16-22)23-17-9-6-10-18-23/h5-18,21,27-28H,19-20H2,1-4H3. The Hall–Kier alpha value is -1.90. The first-order valence-electron chi connectivity index (χ1n) is 10.6. The van der Waals surface area contributed by atoms with E-state index in [-0.39, 0.29) is 16.0 Å². The van der Waals surface area contributed by atoms with Crippen molar-refractivity contribution in [3.63, 3.8) is 0 Å². The highest BCUT2D eigenvalue weighted by Crippen LogP contribution is 2.64. The Morgan fingerprint density at radius 1 is 0.750 bits per heavy atom. The Bertz CT molecular complexity index is 818. The van der Waals surface area contributed by atoms with E-state index in [4.69, 9.17) is 0 Å². The molecule has 0 bridgehead atoms. The molecule has 2 aromatic rings. The normalized spacial score (nSPS) is 29.0. The fourth-order valence-electron chi connectivity index (χ4n) is 5.64. The molecule has 1 N–H and O–H groups in total. The molecule has 2 atom stereocenters. The number of rotatable bonds is 5. The van der Waals surface area contributed by atoms with E-state index in [1.54, 1.807) is 10.4 Å². The van der Waals surface area contributed by atoms with Crippen LogP contribution >= 0.6 is 0 Å². The van der Waals surface area contributed by atoms with Crippen LogP contribution in [0.5, 0.6) is 0 Å². The lowest BCUT2D eigenvalue weighted by molar-refractivity contribution is 0.141. The van der Waals surface area contributed by atoms with Gasteiger partial charge < -0.3 is 5.32 Å². The molecule has 0 spiro atoms. The number of allylic oxidation sites excluding steroid dienone is 2. The third kappa shape index (κ3) is 3.03. The van der Waals surface area contributed by atoms with Crippen LogP contribution in [-0.2, 0) is 0 Å². The minimum Gasteiger partial charge on any atom is -0.301 e. The topological polar surface area (TPSA) is 12.0 Å². The molecule has 0 saturated heterocycles. The minimum absolute atomic E-state index is 0.111. The van der Waals surface area contributed by atoms with Crippen LogP contribution in [0.2, 0.25) is 5.04 Å². The first kappa shape index (κ1) is 19.4. The highest BCUT2D eigenvalue weighted by Gasteiger charge is 2.61. The molecule has 1 nitrogen and oxygen atoms in total. The zero-order valence-corrected chi connectivity index (χ0v) is 18.8. The van der Waals surface area contributed by atoms with Crippen molar-refractivity contribution in [1.82, 2.24) is 5.32 Å². The van der Waals surface area contributed by atoms with E-state index < -0.39 is 8.80 Å². The highest BCUT2D eigenvalue weighted by molar-refractivity contribution is 6.87. The second-order valence-corrected chi connectivity index (χ2v) is 13.0. The number of hydrogen-bond donors (Lipinski definition) is 1. The van der Waals surface area contributed by atoms with Gasteiger partial charge in [0.25, 0.3) is 0 Å². The fraction of sp³-hybridized carbons (Fsp3) is 0.385. The van der Waals surface area contributed by atoms with Crippen molar-refractivity contribution >= 4 is 19.2 Å². The molecule has 0 heterocycles. The molecular weight excluding hydrogens is 354 g/mol. The summed E-state index contributed by atoms with van der Waals surface area (Å²) < 4.78 is 0. The average molecular weight is 388 g/mol. The number of hydrogen-bond acceptors (Lipinski definition) is 1. The lowest BCUT2D eigenvalue weighted by Gasteiger charge is -2.51. The van der Waals surface area contributed by atoms with Crippen LogP contribution in [0.15, 0.2) is 85.0 Å². The quantitative estimate of drug-likeness (QED) is 0.747. The monoisotopic (exact) mass is 387 g/mol. The average Bonchev–Trinajstić information content (AvgIpc) is 3.26. The predicted octanol–water partition coefficient (Wildman–Crippen LogP) is 4.45. The molecule has 2 aliphatic carbocycles. The molecule has 2 heteroatoms. The lowest BCUT2D eigenvalue weighted by atomic mass is 9.71. The summed E-state index contributed by atoms with van der Waals surface area (Å²) in [7, 11) is -1.45. The van der Waals surface area contributed by atoms with Gasteiger partial charge in [-0.05, 0) is 30.2 Å². The van der Waals surface area contributed by atoms with Gasteiger partial charge in [0.05, 0.1) is 0 Å². The van der Waals surface area contributed by atoms with Crippen LogP contribution in [0.1, 0.15) is 40.5 Å². The molecule has 4 rings (SSSR count). The van der Waals surface area contributed by atoms with Gasteiger partial charge >= 0.3 is 0 Å². The summed E-state index contributed by atoms with van der Waals surface area (Å²) in [6, 6.07) is 23.0. The molecule has 2 aliphatic rings. The lowest BCUT2D eigenvalue weighted by Crippen LogP contribution is -2.61. The molecule has 2 aromatic carbocycles. The van der Waals surface area contributed by atoms with Crippen molar-refractivity contribution < 1.29 is 0 Å². The van der Waals surface area contributed by atoms with Crippen molar-refractivity contribution in [2.75, 3.05) is 0 Å². The van der Waals surface area contributed by atoms with Gasteiger partial charge in [-0.2, -0.15) is 0 Å². The summed E-state index contributed by atoms with van der Waals surface area (Å²) in [5.74, 6) is 0. The molecule has 1 saturated carbocycles. The SMILES string of the molecule is CC1(NC2C=CC=C2)CCC(C)([SiH](c2ccccc2)c2ccccc2)C1(C)C. The van der Waals surface area contributed by atoms with Crippen LogP contribution < -0.4 is 15.7 Å². The van der Waals surface area contributed by atoms with Crippen molar-refractivity contribution in [1.29, 1.82) is 0 Å². The third-order valence-electron chi connectivity index (χ3n) is 8.09. The van der Waals surface area contributed by atoms with Crippen LogP contribution in [0.3, 0.4) is 0 Å². The summed E-state index contributed by atoms with van der Waals surface area (Å²) in [6.07, 6.45) is 11.4. The van der Waals surface area contributed by atoms with E-state index in [1.807, 2.05) is 0 Å². The van der Waals surface area contributed by atoms with Crippen molar-refractivity contribution in [3.05, 3.63) is 85.0 Å². The second-order valence-electron chi connectivity index (χ2n) is 9.57. The zero-order valence-electron chi connectivity index (χ0n) is 17.7. The fourth-order valence-corrected chi connectivity index (χ4v) is 10.2. The van der Waals surface area contributed by atoms with E-state index in [0.29, 0.717) is 6.04 Å². The minimum atomic E-state index is -1.45. The van der Waals surface area contributed by atoms with Crippen LogP contribution in [-0.4, -0.2) is 20.4 Å². The van der Waals surface area contributed by atoms with E-state index in [2.05, 4.69) is 118 Å². The maximum Gasteiger partial charge on any atom is 0.109 e. The van der Waals surface area contributed by atoms with E-state index in [1.165, 1.54) is 12.8 Å². The van der Waals surface area contributed by atoms with Gasteiger partial charge in [-0.15, -0.1) is 0 Å². The maximum absolute atomic E-state index is 4.01. The smallest absolute Gasteiger partial charge is 0.109 e. The molecule has 2 unspecified atom stereocenters. The summed E-state index contributed by atoms with van der Waals surface area (Å²) >= 11 is 0. The van der Waals surface area contributed by atoms with Gasteiger partial charge in [-0.3, -0.25) is 0 Å². The Balaban J connectivity index is 1.77. The van der Waals surface area contributed by atoms with Gasteiger partial charge in [0, 0.05) is 11.6 Å². The molecule has 146 valence electrons. The largest absolute Gasteiger partial charge is 0.301 e. The molecule has 0 amide bonds. The summed E-state index contributed by atoms with van der Waals surface area (Å²) in [5, 5.41) is 7.42. The summed E-state index contributed by atoms with van der Waals surface area (Å²) in [5.41, 5.74) is 0.285. The predicted molar refractivity (Wildman–Crippen MR) is 124 cm³/mol. The van der Waals surface area contributed by atoms with E-state index in [9.17, 15) is 0 Å². The van der Waals surface area contributed by atoms with Crippen molar-refractivity contribution in [3.8, 4) is 0 Å². The second kappa shape index (κ2) is 7.17. The molecular formula is C26H33NSi. The van der Waals surface area contributed by atoms with E-state index >= 15 is 0 Å². The Morgan fingerprint density at radius 3 is 1.75 bits per heavy atom. The molecule has 1 fully saturated rings. The third-order valence-corrected chi connectivity index (χ3v) is 12.5. The summed E-state index contributed by atoms with van der Waals surface area (Å²) in [6.45, 7) is 10.1. The number of benzene rings is 2. The van der Waals surface area contributed by atoms with Crippen molar-refractivity contribution in [2.45, 2.75) is 57.2 Å². The van der Waals surface area contributed by atoms with Gasteiger partial charge in [0.2, 0.25) is 0 Å². The van der Waals surface area contributed by atoms with E-state index in [0.717, 1.165) is 0 Å². The van der Waals surface area contributed by atoms with Crippen LogP contribution in [0, 0.1) is 5.41 Å². The van der Waals surface area contributed by atoms with Gasteiger partial charge in [-0.25, -0.2) is 0 Å². The number of nitrogens with one attached hydrogen (secondary N) is 1. The van der Waals surface area contributed by atoms with Crippen molar-refractivity contribution in [2.24, 2.45) is 5.41 Å². The van der Waals surface area contributed by atoms with Gasteiger partial charge in [-0.1, -0.05) is 116 Å². The van der Waals surface area contributed by atoms with Crippen LogP contribution in [0.4, 0.5) is 0 Å². The molecule has 0 aliphatic heterocycles. The van der Waals surface area contributed by atoms with Gasteiger partial charge in [0.15, 0.2) is 0 Å². The molecule has 28 heavy (non-hydrogen) atoms. The first-order valence-corrected chi connectivity index (χ1v) is 12.3. The molecule has 0 aromatic heterocycles. The van der Waals surface area contributed by atoms with Crippen LogP contribution in [0.25, 0.3) is 0 Å². The Kier molecular flexibility index (Phi) is 4.97. The van der Waals surface area contributed by atoms with Gasteiger partial charge in [0.1, 0.15) is 8.80 Å².